The number of nitrogens with zero attached hydrogens (tertiary/aromatic N) is 3. The molecule has 0 fully saturated rings. The number of anilines is 1. The molecule has 31 heavy (non-hydrogen) atoms. The maximum atomic E-state index is 12.9. The van der Waals surface area contributed by atoms with Crippen LogP contribution >= 0.6 is 0 Å². The predicted molar refractivity (Wildman–Crippen MR) is 119 cm³/mol. The van der Waals surface area contributed by atoms with Crippen LogP contribution in [0.1, 0.15) is 10.4 Å². The highest BCUT2D eigenvalue weighted by atomic mass is 16.5. The summed E-state index contributed by atoms with van der Waals surface area (Å²) in [4.78, 5) is 26.8. The minimum absolute atomic E-state index is 0.296. The predicted octanol–water partition coefficient (Wildman–Crippen LogP) is 4.36. The summed E-state index contributed by atoms with van der Waals surface area (Å²) in [7, 11) is 1.65. The van der Waals surface area contributed by atoms with Crippen molar-refractivity contribution in [2.45, 2.75) is 0 Å². The maximum Gasteiger partial charge on any atom is 0.342 e. The number of para-hydroxylation sites is 2. The lowest BCUT2D eigenvalue weighted by Crippen LogP contribution is -2.31. The zero-order valence-electron chi connectivity index (χ0n) is 17.0. The molecule has 0 aliphatic heterocycles. The van der Waals surface area contributed by atoms with Crippen molar-refractivity contribution in [3.63, 3.8) is 0 Å². The Morgan fingerprint density at radius 1 is 0.871 bits per heavy atom. The zero-order chi connectivity index (χ0) is 21.6. The highest BCUT2D eigenvalue weighted by Crippen LogP contribution is 2.24. The molecule has 0 aliphatic rings. The number of hydrogen-bond donors (Lipinski definition) is 0. The molecule has 0 radical (unpaired) electrons. The number of esters is 1. The number of rotatable bonds is 6. The lowest BCUT2D eigenvalue weighted by molar-refractivity contribution is -0.121. The number of likely N-dealkylation sites (N-methyl/N-ethyl adjacent to an activating group) is 1. The molecule has 6 heteroatoms. The molecule has 154 valence electrons. The first-order valence-electron chi connectivity index (χ1n) is 9.83. The fraction of sp³-hybridized carbons (Fsp3) is 0.0800. The van der Waals surface area contributed by atoms with Crippen molar-refractivity contribution < 1.29 is 14.3 Å². The molecule has 0 saturated carbocycles. The van der Waals surface area contributed by atoms with Gasteiger partial charge >= 0.3 is 5.97 Å². The van der Waals surface area contributed by atoms with Gasteiger partial charge in [-0.1, -0.05) is 66.7 Å². The summed E-state index contributed by atoms with van der Waals surface area (Å²) in [6.07, 6.45) is 1.63. The number of hydrogen-bond acceptors (Lipinski definition) is 4. The van der Waals surface area contributed by atoms with Gasteiger partial charge in [-0.15, -0.1) is 0 Å². The summed E-state index contributed by atoms with van der Waals surface area (Å²) < 4.78 is 7.00. The average Bonchev–Trinajstić information content (AvgIpc) is 3.29. The van der Waals surface area contributed by atoms with Crippen LogP contribution in [0, 0.1) is 0 Å². The Labute approximate surface area is 180 Å². The van der Waals surface area contributed by atoms with Crippen LogP contribution in [0.15, 0.2) is 97.2 Å². The fourth-order valence-electron chi connectivity index (χ4n) is 3.14. The van der Waals surface area contributed by atoms with E-state index in [-0.39, 0.29) is 12.5 Å². The quantitative estimate of drug-likeness (QED) is 0.442. The van der Waals surface area contributed by atoms with Crippen molar-refractivity contribution in [3.05, 3.63) is 103 Å². The van der Waals surface area contributed by atoms with Crippen molar-refractivity contribution in [2.75, 3.05) is 18.6 Å². The van der Waals surface area contributed by atoms with Gasteiger partial charge in [0.2, 0.25) is 0 Å². The minimum atomic E-state index is -0.601. The lowest BCUT2D eigenvalue weighted by Gasteiger charge is -2.17. The molecule has 0 spiro atoms. The number of amides is 1. The van der Waals surface area contributed by atoms with Gasteiger partial charge in [0.25, 0.3) is 5.91 Å². The van der Waals surface area contributed by atoms with E-state index in [0.29, 0.717) is 11.3 Å². The van der Waals surface area contributed by atoms with Gasteiger partial charge in [0, 0.05) is 24.5 Å². The Morgan fingerprint density at radius 2 is 1.45 bits per heavy atom. The lowest BCUT2D eigenvalue weighted by atomic mass is 10.1. The van der Waals surface area contributed by atoms with Crippen LogP contribution < -0.4 is 4.90 Å². The van der Waals surface area contributed by atoms with Gasteiger partial charge in [0.15, 0.2) is 6.61 Å². The van der Waals surface area contributed by atoms with Crippen LogP contribution in [0.4, 0.5) is 5.69 Å². The molecule has 1 aromatic heterocycles. The Bertz CT molecular complexity index is 1170. The van der Waals surface area contributed by atoms with Crippen molar-refractivity contribution in [2.24, 2.45) is 0 Å². The van der Waals surface area contributed by atoms with Crippen LogP contribution in [-0.4, -0.2) is 35.3 Å². The second-order valence-electron chi connectivity index (χ2n) is 6.90. The van der Waals surface area contributed by atoms with Crippen molar-refractivity contribution in [3.8, 4) is 16.9 Å². The number of carbonyl (C=O) groups excluding carboxylic acids is 2. The molecule has 4 rings (SSSR count). The molecule has 1 heterocycles. The normalized spacial score (nSPS) is 10.5. The average molecular weight is 411 g/mol. The molecule has 6 nitrogen and oxygen atoms in total. The van der Waals surface area contributed by atoms with E-state index < -0.39 is 5.97 Å². The monoisotopic (exact) mass is 411 g/mol. The molecule has 0 saturated heterocycles. The van der Waals surface area contributed by atoms with Gasteiger partial charge in [-0.3, -0.25) is 4.79 Å². The van der Waals surface area contributed by atoms with E-state index in [4.69, 9.17) is 4.74 Å². The van der Waals surface area contributed by atoms with Crippen LogP contribution in [-0.2, 0) is 9.53 Å². The standard InChI is InChI=1S/C25H21N3O3/c1-27(20-13-7-3-8-14-20)23(29)18-31-25(30)22-17-28(21-15-9-4-10-16-21)26-24(22)19-11-5-2-6-12-19/h2-17H,18H2,1H3. The maximum absolute atomic E-state index is 12.9. The van der Waals surface area contributed by atoms with Crippen LogP contribution in [0.2, 0.25) is 0 Å². The van der Waals surface area contributed by atoms with Crippen LogP contribution in [0.25, 0.3) is 16.9 Å². The zero-order valence-corrected chi connectivity index (χ0v) is 17.0. The van der Waals surface area contributed by atoms with Crippen molar-refractivity contribution >= 4 is 17.6 Å². The van der Waals surface area contributed by atoms with Crippen LogP contribution in [0.3, 0.4) is 0 Å². The summed E-state index contributed by atoms with van der Waals surface area (Å²) in [5.41, 5.74) is 3.13. The Morgan fingerprint density at radius 3 is 2.10 bits per heavy atom. The summed E-state index contributed by atoms with van der Waals surface area (Å²) in [6, 6.07) is 28.1. The highest BCUT2D eigenvalue weighted by molar-refractivity contribution is 5.99. The number of ether oxygens (including phenoxy) is 1. The third-order valence-corrected chi connectivity index (χ3v) is 4.85. The van der Waals surface area contributed by atoms with Gasteiger partial charge < -0.3 is 9.64 Å². The van der Waals surface area contributed by atoms with E-state index in [1.54, 1.807) is 17.9 Å². The molecule has 4 aromatic rings. The van der Waals surface area contributed by atoms with E-state index in [9.17, 15) is 9.59 Å². The smallest absolute Gasteiger partial charge is 0.342 e. The third-order valence-electron chi connectivity index (χ3n) is 4.85. The van der Waals surface area contributed by atoms with E-state index in [2.05, 4.69) is 5.10 Å². The Balaban J connectivity index is 1.57. The first-order valence-corrected chi connectivity index (χ1v) is 9.83. The highest BCUT2D eigenvalue weighted by Gasteiger charge is 2.21. The Hall–Kier alpha value is -4.19. The molecule has 0 atom stereocenters. The van der Waals surface area contributed by atoms with Gasteiger partial charge in [0.1, 0.15) is 11.3 Å². The van der Waals surface area contributed by atoms with E-state index in [1.807, 2.05) is 91.0 Å². The first-order chi connectivity index (χ1) is 15.1. The topological polar surface area (TPSA) is 64.4 Å². The minimum Gasteiger partial charge on any atom is -0.452 e. The van der Waals surface area contributed by atoms with Gasteiger partial charge in [-0.2, -0.15) is 5.10 Å². The largest absolute Gasteiger partial charge is 0.452 e. The third kappa shape index (κ3) is 4.53. The molecular formula is C25H21N3O3. The summed E-state index contributed by atoms with van der Waals surface area (Å²) in [5, 5.41) is 4.60. The van der Waals surface area contributed by atoms with Crippen molar-refractivity contribution in [1.82, 2.24) is 9.78 Å². The molecular weight excluding hydrogens is 390 g/mol. The molecule has 3 aromatic carbocycles. The van der Waals surface area contributed by atoms with Crippen LogP contribution in [0.5, 0.6) is 0 Å². The second-order valence-corrected chi connectivity index (χ2v) is 6.90. The Kier molecular flexibility index (Phi) is 5.89. The summed E-state index contributed by atoms with van der Waals surface area (Å²) in [6.45, 7) is -0.366. The second kappa shape index (κ2) is 9.09. The number of carbonyl (C=O) groups is 2. The van der Waals surface area contributed by atoms with Gasteiger partial charge in [-0.05, 0) is 24.3 Å². The van der Waals surface area contributed by atoms with Gasteiger partial charge in [-0.25, -0.2) is 9.48 Å². The van der Waals surface area contributed by atoms with Gasteiger partial charge in [0.05, 0.1) is 5.69 Å². The van der Waals surface area contributed by atoms with E-state index in [1.165, 1.54) is 4.90 Å². The fourth-order valence-corrected chi connectivity index (χ4v) is 3.14. The van der Waals surface area contributed by atoms with E-state index >= 15 is 0 Å². The molecule has 0 N–H and O–H groups in total. The summed E-state index contributed by atoms with van der Waals surface area (Å²) >= 11 is 0. The molecule has 0 unspecified atom stereocenters. The van der Waals surface area contributed by atoms with Crippen molar-refractivity contribution in [1.29, 1.82) is 0 Å². The first kappa shape index (κ1) is 20.1. The molecule has 0 aliphatic carbocycles. The number of benzene rings is 3. The SMILES string of the molecule is CN(C(=O)COC(=O)c1cn(-c2ccccc2)nc1-c1ccccc1)c1ccccc1. The summed E-state index contributed by atoms with van der Waals surface area (Å²) in [5.74, 6) is -0.924. The number of aromatic nitrogens is 2. The molecule has 0 bridgehead atoms. The van der Waals surface area contributed by atoms with E-state index in [0.717, 1.165) is 16.9 Å². The molecule has 1 amide bonds.